The molecule has 0 spiro atoms. The maximum atomic E-state index is 12.2. The first-order chi connectivity index (χ1) is 6.45. The van der Waals surface area contributed by atoms with E-state index in [0.717, 1.165) is 6.07 Å². The lowest BCUT2D eigenvalue weighted by Crippen LogP contribution is -2.16. The molecule has 0 fully saturated rings. The number of nitrogens with two attached hydrogens (primary N) is 1. The minimum atomic E-state index is -4.50. The first-order valence-corrected chi connectivity index (χ1v) is 3.87. The Morgan fingerprint density at radius 2 is 2.07 bits per heavy atom. The van der Waals surface area contributed by atoms with Crippen molar-refractivity contribution in [3.05, 3.63) is 29.6 Å². The van der Waals surface area contributed by atoms with Crippen molar-refractivity contribution in [2.75, 3.05) is 6.54 Å². The fourth-order valence-corrected chi connectivity index (χ4v) is 0.916. The summed E-state index contributed by atoms with van der Waals surface area (Å²) >= 11 is 0. The molecule has 0 amide bonds. The molecule has 1 heterocycles. The molecule has 0 aliphatic carbocycles. The van der Waals surface area contributed by atoms with Crippen molar-refractivity contribution < 1.29 is 18.3 Å². The maximum absolute atomic E-state index is 12.2. The molecule has 6 heteroatoms. The Labute approximate surface area is 78.4 Å². The Hall–Kier alpha value is -1.14. The summed E-state index contributed by atoms with van der Waals surface area (Å²) in [6.45, 7) is -0.158. The summed E-state index contributed by atoms with van der Waals surface area (Å²) in [6.07, 6.45) is -5.65. The molecule has 0 aliphatic rings. The van der Waals surface area contributed by atoms with Crippen LogP contribution in [0.1, 0.15) is 17.5 Å². The number of hydrogen-bond donors (Lipinski definition) is 2. The lowest BCUT2D eigenvalue weighted by atomic mass is 10.2. The van der Waals surface area contributed by atoms with Crippen LogP contribution in [-0.4, -0.2) is 16.6 Å². The summed E-state index contributed by atoms with van der Waals surface area (Å²) in [6, 6.07) is 3.32. The molecule has 0 radical (unpaired) electrons. The van der Waals surface area contributed by atoms with Gasteiger partial charge in [-0.2, -0.15) is 13.2 Å². The van der Waals surface area contributed by atoms with Crippen molar-refractivity contribution in [3.8, 4) is 0 Å². The van der Waals surface area contributed by atoms with E-state index in [1.807, 2.05) is 0 Å². The van der Waals surface area contributed by atoms with E-state index < -0.39 is 18.0 Å². The number of hydrogen-bond acceptors (Lipinski definition) is 3. The number of nitrogens with zero attached hydrogens (tertiary/aromatic N) is 1. The molecule has 0 aliphatic heterocycles. The minimum Gasteiger partial charge on any atom is -0.385 e. The minimum absolute atomic E-state index is 0.0673. The monoisotopic (exact) mass is 206 g/mol. The first kappa shape index (κ1) is 10.9. The summed E-state index contributed by atoms with van der Waals surface area (Å²) < 4.78 is 36.5. The first-order valence-electron chi connectivity index (χ1n) is 3.87. The van der Waals surface area contributed by atoms with Gasteiger partial charge in [0.05, 0.1) is 5.69 Å². The van der Waals surface area contributed by atoms with Gasteiger partial charge in [0.1, 0.15) is 11.8 Å². The Bertz CT molecular complexity index is 314. The van der Waals surface area contributed by atoms with Crippen LogP contribution in [0.5, 0.6) is 0 Å². The standard InChI is InChI=1S/C8H9F3N2O/c9-8(10,11)7-3-1-2-5(13-7)6(14)4-12/h1-3,6,14H,4,12H2/t6-/m1/s1. The molecular weight excluding hydrogens is 197 g/mol. The summed E-state index contributed by atoms with van der Waals surface area (Å²) in [5, 5.41) is 9.16. The molecule has 0 saturated carbocycles. The van der Waals surface area contributed by atoms with E-state index in [-0.39, 0.29) is 12.2 Å². The highest BCUT2D eigenvalue weighted by Crippen LogP contribution is 2.28. The SMILES string of the molecule is NC[C@@H](O)c1cccc(C(F)(F)F)n1. The Morgan fingerprint density at radius 1 is 1.43 bits per heavy atom. The molecule has 0 aromatic carbocycles. The van der Waals surface area contributed by atoms with E-state index in [9.17, 15) is 13.2 Å². The Morgan fingerprint density at radius 3 is 2.57 bits per heavy atom. The topological polar surface area (TPSA) is 59.1 Å². The van der Waals surface area contributed by atoms with Crippen LogP contribution in [0, 0.1) is 0 Å². The van der Waals surface area contributed by atoms with Gasteiger partial charge in [-0.1, -0.05) is 6.07 Å². The number of aliphatic hydroxyl groups is 1. The molecule has 0 bridgehead atoms. The highest BCUT2D eigenvalue weighted by atomic mass is 19.4. The molecule has 3 nitrogen and oxygen atoms in total. The smallest absolute Gasteiger partial charge is 0.385 e. The van der Waals surface area contributed by atoms with E-state index in [4.69, 9.17) is 10.8 Å². The van der Waals surface area contributed by atoms with E-state index in [1.54, 1.807) is 0 Å². The average molecular weight is 206 g/mol. The van der Waals surface area contributed by atoms with Gasteiger partial charge >= 0.3 is 6.18 Å². The molecule has 0 saturated heterocycles. The van der Waals surface area contributed by atoms with Gasteiger partial charge in [-0.05, 0) is 12.1 Å². The van der Waals surface area contributed by atoms with Crippen molar-refractivity contribution in [1.29, 1.82) is 0 Å². The summed E-state index contributed by atoms with van der Waals surface area (Å²) in [4.78, 5) is 3.26. The molecular formula is C8H9F3N2O. The van der Waals surface area contributed by atoms with Crippen molar-refractivity contribution in [2.24, 2.45) is 5.73 Å². The molecule has 1 rings (SSSR count). The van der Waals surface area contributed by atoms with Crippen LogP contribution in [-0.2, 0) is 6.18 Å². The molecule has 1 aromatic heterocycles. The zero-order chi connectivity index (χ0) is 10.8. The number of alkyl halides is 3. The number of aromatic nitrogens is 1. The summed E-state index contributed by atoms with van der Waals surface area (Å²) in [5.74, 6) is 0. The third kappa shape index (κ3) is 2.43. The van der Waals surface area contributed by atoms with Crippen LogP contribution in [0.4, 0.5) is 13.2 Å². The lowest BCUT2D eigenvalue weighted by molar-refractivity contribution is -0.141. The molecule has 14 heavy (non-hydrogen) atoms. The average Bonchev–Trinajstić information content (AvgIpc) is 2.15. The highest BCUT2D eigenvalue weighted by Gasteiger charge is 2.32. The fourth-order valence-electron chi connectivity index (χ4n) is 0.916. The van der Waals surface area contributed by atoms with Gasteiger partial charge in [-0.25, -0.2) is 4.98 Å². The molecule has 1 atom stereocenters. The quantitative estimate of drug-likeness (QED) is 0.761. The predicted octanol–water partition coefficient (Wildman–Crippen LogP) is 1.09. The zero-order valence-electron chi connectivity index (χ0n) is 7.12. The van der Waals surface area contributed by atoms with E-state index in [0.29, 0.717) is 0 Å². The number of rotatable bonds is 2. The second kappa shape index (κ2) is 3.93. The predicted molar refractivity (Wildman–Crippen MR) is 43.3 cm³/mol. The molecule has 78 valence electrons. The third-order valence-corrected chi connectivity index (χ3v) is 1.63. The van der Waals surface area contributed by atoms with Crippen LogP contribution in [0.3, 0.4) is 0 Å². The van der Waals surface area contributed by atoms with Crippen LogP contribution >= 0.6 is 0 Å². The van der Waals surface area contributed by atoms with Gasteiger partial charge < -0.3 is 10.8 Å². The van der Waals surface area contributed by atoms with Crippen LogP contribution < -0.4 is 5.73 Å². The van der Waals surface area contributed by atoms with Gasteiger partial charge in [0.25, 0.3) is 0 Å². The van der Waals surface area contributed by atoms with Gasteiger partial charge in [0, 0.05) is 6.54 Å². The summed E-state index contributed by atoms with van der Waals surface area (Å²) in [5.41, 5.74) is 4.00. The number of pyridine rings is 1. The second-order valence-corrected chi connectivity index (χ2v) is 2.70. The Balaban J connectivity index is 3.01. The normalized spacial score (nSPS) is 14.1. The maximum Gasteiger partial charge on any atom is 0.433 e. The van der Waals surface area contributed by atoms with Gasteiger partial charge in [0.2, 0.25) is 0 Å². The van der Waals surface area contributed by atoms with E-state index >= 15 is 0 Å². The number of aliphatic hydroxyl groups excluding tert-OH is 1. The van der Waals surface area contributed by atoms with Crippen LogP contribution in [0.2, 0.25) is 0 Å². The van der Waals surface area contributed by atoms with Gasteiger partial charge in [-0.15, -0.1) is 0 Å². The molecule has 0 unspecified atom stereocenters. The van der Waals surface area contributed by atoms with Crippen LogP contribution in [0.15, 0.2) is 18.2 Å². The third-order valence-electron chi connectivity index (χ3n) is 1.63. The highest BCUT2D eigenvalue weighted by molar-refractivity contribution is 5.15. The van der Waals surface area contributed by atoms with Crippen molar-refractivity contribution in [3.63, 3.8) is 0 Å². The van der Waals surface area contributed by atoms with Crippen molar-refractivity contribution in [2.45, 2.75) is 12.3 Å². The van der Waals surface area contributed by atoms with Crippen LogP contribution in [0.25, 0.3) is 0 Å². The zero-order valence-corrected chi connectivity index (χ0v) is 7.12. The number of halogens is 3. The molecule has 3 N–H and O–H groups in total. The fraction of sp³-hybridized carbons (Fsp3) is 0.375. The van der Waals surface area contributed by atoms with Crippen molar-refractivity contribution >= 4 is 0 Å². The van der Waals surface area contributed by atoms with E-state index in [1.165, 1.54) is 12.1 Å². The lowest BCUT2D eigenvalue weighted by Gasteiger charge is -2.10. The largest absolute Gasteiger partial charge is 0.433 e. The Kier molecular flexibility index (Phi) is 3.07. The molecule has 1 aromatic rings. The van der Waals surface area contributed by atoms with Gasteiger partial charge in [-0.3, -0.25) is 0 Å². The second-order valence-electron chi connectivity index (χ2n) is 2.70. The van der Waals surface area contributed by atoms with Gasteiger partial charge in [0.15, 0.2) is 0 Å². The van der Waals surface area contributed by atoms with E-state index in [2.05, 4.69) is 4.98 Å². The van der Waals surface area contributed by atoms with Crippen molar-refractivity contribution in [1.82, 2.24) is 4.98 Å². The summed E-state index contributed by atoms with van der Waals surface area (Å²) in [7, 11) is 0.